The molecule has 0 radical (unpaired) electrons. The zero-order valence-corrected chi connectivity index (χ0v) is 17.5. The lowest BCUT2D eigenvalue weighted by Crippen LogP contribution is -2.51. The lowest BCUT2D eigenvalue weighted by molar-refractivity contribution is -0.159. The van der Waals surface area contributed by atoms with Crippen molar-refractivity contribution in [3.8, 4) is 11.1 Å². The molecule has 0 N–H and O–H groups in total. The summed E-state index contributed by atoms with van der Waals surface area (Å²) in [7, 11) is 3.95. The minimum absolute atomic E-state index is 0.622. The van der Waals surface area contributed by atoms with E-state index in [-0.39, 0.29) is 0 Å². The Morgan fingerprint density at radius 3 is 2.30 bits per heavy atom. The number of amides is 1. The molecule has 162 valence electrons. The van der Waals surface area contributed by atoms with E-state index in [9.17, 15) is 18.0 Å². The molecule has 8 heteroatoms. The van der Waals surface area contributed by atoms with Crippen LogP contribution >= 0.6 is 0 Å². The highest BCUT2D eigenvalue weighted by atomic mass is 19.3. The molecule has 1 saturated heterocycles. The van der Waals surface area contributed by atoms with E-state index >= 15 is 0 Å². The SMILES string of the molecule is CN(C)Cc1ccc(-c2ccc([C@H]3OC(C)(C)N(C(=O)C(F)F)[C@@H]3CF)cc2)cn1. The molecule has 1 fully saturated rings. The lowest BCUT2D eigenvalue weighted by atomic mass is 9.99. The van der Waals surface area contributed by atoms with E-state index in [1.807, 2.05) is 43.3 Å². The van der Waals surface area contributed by atoms with Crippen LogP contribution in [0.15, 0.2) is 42.6 Å². The van der Waals surface area contributed by atoms with Crippen molar-refractivity contribution in [3.63, 3.8) is 0 Å². The topological polar surface area (TPSA) is 45.7 Å². The summed E-state index contributed by atoms with van der Waals surface area (Å²) in [5.74, 6) is -1.43. The summed E-state index contributed by atoms with van der Waals surface area (Å²) in [6.07, 6.45) is -2.26. The van der Waals surface area contributed by atoms with Gasteiger partial charge in [0.05, 0.1) is 11.7 Å². The molecule has 2 heterocycles. The average molecular weight is 421 g/mol. The fraction of sp³-hybridized carbons (Fsp3) is 0.455. The molecule has 0 aliphatic carbocycles. The van der Waals surface area contributed by atoms with Gasteiger partial charge in [-0.1, -0.05) is 30.3 Å². The molecule has 30 heavy (non-hydrogen) atoms. The molecular weight excluding hydrogens is 395 g/mol. The van der Waals surface area contributed by atoms with Crippen LogP contribution in [0.3, 0.4) is 0 Å². The highest BCUT2D eigenvalue weighted by molar-refractivity contribution is 5.80. The summed E-state index contributed by atoms with van der Waals surface area (Å²) >= 11 is 0. The minimum atomic E-state index is -3.22. The maximum atomic E-state index is 13.8. The third-order valence-electron chi connectivity index (χ3n) is 5.13. The first-order chi connectivity index (χ1) is 14.1. The van der Waals surface area contributed by atoms with Crippen LogP contribution in [-0.4, -0.2) is 59.7 Å². The van der Waals surface area contributed by atoms with Crippen molar-refractivity contribution in [1.82, 2.24) is 14.8 Å². The zero-order chi connectivity index (χ0) is 22.1. The van der Waals surface area contributed by atoms with E-state index in [0.717, 1.165) is 28.3 Å². The Balaban J connectivity index is 1.82. The predicted octanol–water partition coefficient (Wildman–Crippen LogP) is 4.05. The number of aromatic nitrogens is 1. The number of nitrogens with zero attached hydrogens (tertiary/aromatic N) is 3. The van der Waals surface area contributed by atoms with Gasteiger partial charge in [-0.15, -0.1) is 0 Å². The first-order valence-corrected chi connectivity index (χ1v) is 9.69. The second-order valence-corrected chi connectivity index (χ2v) is 8.11. The Kier molecular flexibility index (Phi) is 6.47. The van der Waals surface area contributed by atoms with Crippen molar-refractivity contribution < 1.29 is 22.7 Å². The fourth-order valence-electron chi connectivity index (χ4n) is 3.83. The average Bonchev–Trinajstić information content (AvgIpc) is 2.98. The number of carbonyl (C=O) groups excluding carboxylic acids is 1. The minimum Gasteiger partial charge on any atom is -0.346 e. The molecule has 1 aliphatic heterocycles. The molecule has 5 nitrogen and oxygen atoms in total. The van der Waals surface area contributed by atoms with Crippen LogP contribution in [0.25, 0.3) is 11.1 Å². The number of pyridine rings is 1. The monoisotopic (exact) mass is 421 g/mol. The van der Waals surface area contributed by atoms with Crippen molar-refractivity contribution in [3.05, 3.63) is 53.9 Å². The fourth-order valence-corrected chi connectivity index (χ4v) is 3.83. The predicted molar refractivity (Wildman–Crippen MR) is 108 cm³/mol. The Morgan fingerprint density at radius 2 is 1.80 bits per heavy atom. The molecule has 0 bridgehead atoms. The Morgan fingerprint density at radius 1 is 1.17 bits per heavy atom. The van der Waals surface area contributed by atoms with Gasteiger partial charge in [0.25, 0.3) is 5.91 Å². The molecule has 0 saturated carbocycles. The van der Waals surface area contributed by atoms with Crippen LogP contribution in [0.5, 0.6) is 0 Å². The Hall–Kier alpha value is -2.45. The first kappa shape index (κ1) is 22.2. The van der Waals surface area contributed by atoms with Gasteiger partial charge in [-0.2, -0.15) is 8.78 Å². The highest BCUT2D eigenvalue weighted by Crippen LogP contribution is 2.42. The molecule has 1 aromatic carbocycles. The second kappa shape index (κ2) is 8.73. The molecule has 2 aromatic rings. The number of rotatable bonds is 6. The van der Waals surface area contributed by atoms with E-state index in [1.165, 1.54) is 13.8 Å². The van der Waals surface area contributed by atoms with Gasteiger partial charge >= 0.3 is 6.43 Å². The molecule has 2 atom stereocenters. The second-order valence-electron chi connectivity index (χ2n) is 8.11. The molecule has 0 spiro atoms. The van der Waals surface area contributed by atoms with Crippen molar-refractivity contribution in [1.29, 1.82) is 0 Å². The van der Waals surface area contributed by atoms with Gasteiger partial charge < -0.3 is 14.5 Å². The van der Waals surface area contributed by atoms with Crippen LogP contribution in [0.1, 0.15) is 31.2 Å². The normalized spacial score (nSPS) is 20.9. The number of halogens is 3. The zero-order valence-electron chi connectivity index (χ0n) is 17.5. The largest absolute Gasteiger partial charge is 0.346 e. The van der Waals surface area contributed by atoms with Crippen LogP contribution in [0, 0.1) is 0 Å². The van der Waals surface area contributed by atoms with E-state index in [2.05, 4.69) is 4.98 Å². The summed E-state index contributed by atoms with van der Waals surface area (Å²) < 4.78 is 45.7. The quantitative estimate of drug-likeness (QED) is 0.706. The van der Waals surface area contributed by atoms with Gasteiger partial charge in [0.2, 0.25) is 0 Å². The highest BCUT2D eigenvalue weighted by Gasteiger charge is 2.52. The van der Waals surface area contributed by atoms with E-state index in [0.29, 0.717) is 5.56 Å². The van der Waals surface area contributed by atoms with Gasteiger partial charge in [0, 0.05) is 18.3 Å². The number of alkyl halides is 3. The summed E-state index contributed by atoms with van der Waals surface area (Å²) in [6, 6.07) is 10.1. The van der Waals surface area contributed by atoms with E-state index in [4.69, 9.17) is 4.74 Å². The molecule has 0 unspecified atom stereocenters. The smallest absolute Gasteiger partial charge is 0.315 e. The van der Waals surface area contributed by atoms with Crippen molar-refractivity contribution in [2.75, 3.05) is 20.8 Å². The number of benzene rings is 1. The molecule has 1 aromatic heterocycles. The summed E-state index contributed by atoms with van der Waals surface area (Å²) in [6.45, 7) is 2.74. The molecule has 3 rings (SSSR count). The summed E-state index contributed by atoms with van der Waals surface area (Å²) in [4.78, 5) is 19.3. The van der Waals surface area contributed by atoms with Crippen LogP contribution in [-0.2, 0) is 16.1 Å². The van der Waals surface area contributed by atoms with Crippen molar-refractivity contribution in [2.24, 2.45) is 0 Å². The first-order valence-electron chi connectivity index (χ1n) is 9.69. The van der Waals surface area contributed by atoms with Crippen molar-refractivity contribution in [2.45, 2.75) is 44.7 Å². The van der Waals surface area contributed by atoms with Crippen LogP contribution in [0.2, 0.25) is 0 Å². The molecule has 1 aliphatic rings. The van der Waals surface area contributed by atoms with Gasteiger partial charge in [-0.25, -0.2) is 4.39 Å². The molecular formula is C22H26F3N3O2. The maximum absolute atomic E-state index is 13.8. The lowest BCUT2D eigenvalue weighted by Gasteiger charge is -2.32. The van der Waals surface area contributed by atoms with E-state index in [1.54, 1.807) is 18.3 Å². The Labute approximate surface area is 174 Å². The van der Waals surface area contributed by atoms with Crippen molar-refractivity contribution >= 4 is 5.91 Å². The summed E-state index contributed by atoms with van der Waals surface area (Å²) in [5, 5.41) is 0. The maximum Gasteiger partial charge on any atom is 0.315 e. The van der Waals surface area contributed by atoms with Gasteiger partial charge in [0.1, 0.15) is 18.5 Å². The molecule has 1 amide bonds. The summed E-state index contributed by atoms with van der Waals surface area (Å²) in [5.41, 5.74) is 2.08. The van der Waals surface area contributed by atoms with Gasteiger partial charge in [0.15, 0.2) is 0 Å². The standard InChI is InChI=1S/C22H26F3N3O2/c1-22(2)28(21(29)20(24)25)18(11-23)19(30-22)15-7-5-14(6-8-15)16-9-10-17(26-12-16)13-27(3)4/h5-10,12,18-20H,11,13H2,1-4H3/t18-,19-/m1/s1. The third kappa shape index (κ3) is 4.49. The number of ether oxygens (including phenoxy) is 1. The number of hydrogen-bond acceptors (Lipinski definition) is 4. The Bertz CT molecular complexity index is 870. The third-order valence-corrected chi connectivity index (χ3v) is 5.13. The number of hydrogen-bond donors (Lipinski definition) is 0. The number of carbonyl (C=O) groups is 1. The van der Waals surface area contributed by atoms with Gasteiger partial charge in [-0.3, -0.25) is 9.78 Å². The van der Waals surface area contributed by atoms with Crippen LogP contribution < -0.4 is 0 Å². The van der Waals surface area contributed by atoms with Crippen LogP contribution in [0.4, 0.5) is 13.2 Å². The van der Waals surface area contributed by atoms with Gasteiger partial charge in [-0.05, 0) is 45.1 Å². The van der Waals surface area contributed by atoms with E-state index < -0.39 is 36.9 Å².